The zero-order valence-electron chi connectivity index (χ0n) is 10.6. The van der Waals surface area contributed by atoms with Crippen LogP contribution in [0, 0.1) is 0 Å². The maximum absolute atomic E-state index is 12.2. The Hall–Kier alpha value is -1.16. The molecule has 1 saturated heterocycles. The average Bonchev–Trinajstić information content (AvgIpc) is 2.41. The summed E-state index contributed by atoms with van der Waals surface area (Å²) in [7, 11) is 0. The third-order valence-electron chi connectivity index (χ3n) is 3.28. The molecular formula is C14H19NO2S. The molecule has 98 valence electrons. The molecule has 18 heavy (non-hydrogen) atoms. The number of rotatable bonds is 3. The highest BCUT2D eigenvalue weighted by molar-refractivity contribution is 8.00. The van der Waals surface area contributed by atoms with Crippen LogP contribution in [0.4, 0.5) is 0 Å². The van der Waals surface area contributed by atoms with Gasteiger partial charge < -0.3 is 10.0 Å². The molecule has 1 aromatic carbocycles. The van der Waals surface area contributed by atoms with E-state index in [2.05, 4.69) is 6.92 Å². The van der Waals surface area contributed by atoms with Gasteiger partial charge in [-0.3, -0.25) is 4.79 Å². The monoisotopic (exact) mass is 265 g/mol. The van der Waals surface area contributed by atoms with Gasteiger partial charge in [0.25, 0.3) is 0 Å². The van der Waals surface area contributed by atoms with Gasteiger partial charge in [-0.1, -0.05) is 25.1 Å². The van der Waals surface area contributed by atoms with Crippen molar-refractivity contribution in [3.8, 4) is 5.75 Å². The number of hydrogen-bond donors (Lipinski definition) is 1. The Morgan fingerprint density at radius 1 is 1.50 bits per heavy atom. The van der Waals surface area contributed by atoms with Crippen LogP contribution in [0.1, 0.15) is 18.9 Å². The number of carbonyl (C=O) groups excluding carboxylic acids is 1. The summed E-state index contributed by atoms with van der Waals surface area (Å²) < 4.78 is 0. The number of hydrogen-bond acceptors (Lipinski definition) is 3. The Morgan fingerprint density at radius 3 is 3.00 bits per heavy atom. The van der Waals surface area contributed by atoms with Crippen molar-refractivity contribution in [1.82, 2.24) is 4.90 Å². The summed E-state index contributed by atoms with van der Waals surface area (Å²) in [6, 6.07) is 7.06. The lowest BCUT2D eigenvalue weighted by molar-refractivity contribution is -0.130. The molecular weight excluding hydrogens is 246 g/mol. The number of phenolic OH excluding ortho intramolecular Hbond substituents is 1. The smallest absolute Gasteiger partial charge is 0.227 e. The topological polar surface area (TPSA) is 40.5 Å². The van der Waals surface area contributed by atoms with Crippen LogP contribution in [0.2, 0.25) is 0 Å². The van der Waals surface area contributed by atoms with E-state index in [1.807, 2.05) is 28.8 Å². The van der Waals surface area contributed by atoms with Gasteiger partial charge in [0.2, 0.25) is 5.91 Å². The number of benzene rings is 1. The predicted octanol–water partition coefficient (Wildman–Crippen LogP) is 2.29. The van der Waals surface area contributed by atoms with E-state index in [9.17, 15) is 9.90 Å². The van der Waals surface area contributed by atoms with E-state index in [1.165, 1.54) is 0 Å². The van der Waals surface area contributed by atoms with Gasteiger partial charge >= 0.3 is 0 Å². The molecule has 1 aliphatic heterocycles. The fourth-order valence-electron chi connectivity index (χ4n) is 2.13. The number of amides is 1. The second-order valence-corrected chi connectivity index (χ2v) is 5.95. The summed E-state index contributed by atoms with van der Waals surface area (Å²) in [6.45, 7) is 3.83. The lowest BCUT2D eigenvalue weighted by Gasteiger charge is -2.32. The minimum atomic E-state index is 0.121. The first kappa shape index (κ1) is 13.3. The molecule has 0 saturated carbocycles. The van der Waals surface area contributed by atoms with Gasteiger partial charge in [-0.15, -0.1) is 0 Å². The van der Waals surface area contributed by atoms with Gasteiger partial charge in [0.05, 0.1) is 6.42 Å². The van der Waals surface area contributed by atoms with Crippen LogP contribution >= 0.6 is 11.8 Å². The Labute approximate surface area is 112 Å². The molecule has 2 rings (SSSR count). The van der Waals surface area contributed by atoms with Crippen molar-refractivity contribution in [2.24, 2.45) is 0 Å². The fourth-order valence-corrected chi connectivity index (χ4v) is 3.31. The molecule has 0 bridgehead atoms. The molecule has 1 heterocycles. The largest absolute Gasteiger partial charge is 0.508 e. The second-order valence-electron chi connectivity index (χ2n) is 4.55. The Balaban J connectivity index is 1.97. The summed E-state index contributed by atoms with van der Waals surface area (Å²) in [4.78, 5) is 14.1. The van der Waals surface area contributed by atoms with Gasteiger partial charge in [0, 0.05) is 29.7 Å². The summed E-state index contributed by atoms with van der Waals surface area (Å²) in [5, 5.41) is 10.2. The van der Waals surface area contributed by atoms with E-state index in [0.717, 1.165) is 25.3 Å². The predicted molar refractivity (Wildman–Crippen MR) is 74.9 cm³/mol. The SMILES string of the molecule is CCC1CN(C(=O)Cc2ccccc2O)CCS1. The van der Waals surface area contributed by atoms with E-state index >= 15 is 0 Å². The molecule has 0 aliphatic carbocycles. The molecule has 1 unspecified atom stereocenters. The van der Waals surface area contributed by atoms with E-state index in [1.54, 1.807) is 12.1 Å². The molecule has 3 nitrogen and oxygen atoms in total. The molecule has 1 N–H and O–H groups in total. The van der Waals surface area contributed by atoms with Gasteiger partial charge in [0.1, 0.15) is 5.75 Å². The van der Waals surface area contributed by atoms with Crippen molar-refractivity contribution in [2.75, 3.05) is 18.8 Å². The Bertz CT molecular complexity index is 422. The van der Waals surface area contributed by atoms with Gasteiger partial charge in [0.15, 0.2) is 0 Å². The normalized spacial score (nSPS) is 19.8. The molecule has 1 amide bonds. The number of carbonyl (C=O) groups is 1. The maximum atomic E-state index is 12.2. The number of phenols is 1. The molecule has 0 spiro atoms. The van der Waals surface area contributed by atoms with E-state index in [-0.39, 0.29) is 11.7 Å². The third kappa shape index (κ3) is 3.19. The quantitative estimate of drug-likeness (QED) is 0.911. The van der Waals surface area contributed by atoms with Crippen LogP contribution in [0.15, 0.2) is 24.3 Å². The minimum Gasteiger partial charge on any atom is -0.508 e. The van der Waals surface area contributed by atoms with E-state index < -0.39 is 0 Å². The van der Waals surface area contributed by atoms with Crippen molar-refractivity contribution in [3.63, 3.8) is 0 Å². The molecule has 1 aromatic rings. The zero-order chi connectivity index (χ0) is 13.0. The van der Waals surface area contributed by atoms with E-state index in [4.69, 9.17) is 0 Å². The Morgan fingerprint density at radius 2 is 2.28 bits per heavy atom. The number of para-hydroxylation sites is 1. The second kappa shape index (κ2) is 6.14. The van der Waals surface area contributed by atoms with Crippen molar-refractivity contribution in [1.29, 1.82) is 0 Å². The fraction of sp³-hybridized carbons (Fsp3) is 0.500. The molecule has 1 atom stereocenters. The van der Waals surface area contributed by atoms with Gasteiger partial charge in [-0.05, 0) is 12.5 Å². The molecule has 0 aromatic heterocycles. The first-order valence-corrected chi connectivity index (χ1v) is 7.41. The summed E-state index contributed by atoms with van der Waals surface area (Å²) in [5.74, 6) is 1.35. The van der Waals surface area contributed by atoms with Crippen LogP contribution in [0.25, 0.3) is 0 Å². The highest BCUT2D eigenvalue weighted by atomic mass is 32.2. The first-order valence-electron chi connectivity index (χ1n) is 6.37. The highest BCUT2D eigenvalue weighted by Gasteiger charge is 2.23. The lowest BCUT2D eigenvalue weighted by atomic mass is 10.1. The van der Waals surface area contributed by atoms with Crippen LogP contribution in [-0.2, 0) is 11.2 Å². The zero-order valence-corrected chi connectivity index (χ0v) is 11.4. The van der Waals surface area contributed by atoms with Crippen LogP contribution < -0.4 is 0 Å². The summed E-state index contributed by atoms with van der Waals surface area (Å²) in [5.41, 5.74) is 0.716. The van der Waals surface area contributed by atoms with Crippen molar-refractivity contribution in [2.45, 2.75) is 25.0 Å². The summed E-state index contributed by atoms with van der Waals surface area (Å²) in [6.07, 6.45) is 1.40. The highest BCUT2D eigenvalue weighted by Crippen LogP contribution is 2.23. The number of aromatic hydroxyl groups is 1. The van der Waals surface area contributed by atoms with Crippen LogP contribution in [0.3, 0.4) is 0 Å². The van der Waals surface area contributed by atoms with Gasteiger partial charge in [-0.25, -0.2) is 0 Å². The van der Waals surface area contributed by atoms with Crippen molar-refractivity contribution >= 4 is 17.7 Å². The molecule has 1 aliphatic rings. The average molecular weight is 265 g/mol. The molecule has 0 radical (unpaired) electrons. The third-order valence-corrected chi connectivity index (χ3v) is 4.65. The first-order chi connectivity index (χ1) is 8.70. The number of nitrogens with zero attached hydrogens (tertiary/aromatic N) is 1. The lowest BCUT2D eigenvalue weighted by Crippen LogP contribution is -2.42. The maximum Gasteiger partial charge on any atom is 0.227 e. The van der Waals surface area contributed by atoms with Crippen molar-refractivity contribution in [3.05, 3.63) is 29.8 Å². The Kier molecular flexibility index (Phi) is 4.53. The standard InChI is InChI=1S/C14H19NO2S/c1-2-12-10-15(7-8-18-12)14(17)9-11-5-3-4-6-13(11)16/h3-6,12,16H,2,7-10H2,1H3. The minimum absolute atomic E-state index is 0.121. The van der Waals surface area contributed by atoms with Crippen molar-refractivity contribution < 1.29 is 9.90 Å². The van der Waals surface area contributed by atoms with Crippen LogP contribution in [0.5, 0.6) is 5.75 Å². The number of thioether (sulfide) groups is 1. The van der Waals surface area contributed by atoms with E-state index in [0.29, 0.717) is 17.2 Å². The summed E-state index contributed by atoms with van der Waals surface area (Å²) >= 11 is 1.95. The molecule has 1 fully saturated rings. The molecule has 4 heteroatoms. The van der Waals surface area contributed by atoms with Gasteiger partial charge in [-0.2, -0.15) is 11.8 Å². The van der Waals surface area contributed by atoms with Crippen LogP contribution in [-0.4, -0.2) is 40.0 Å².